The van der Waals surface area contributed by atoms with E-state index in [0.717, 1.165) is 0 Å². The zero-order valence-corrected chi connectivity index (χ0v) is 20.2. The van der Waals surface area contributed by atoms with Crippen molar-refractivity contribution in [1.82, 2.24) is 19.7 Å². The van der Waals surface area contributed by atoms with E-state index in [4.69, 9.17) is 23.2 Å². The minimum atomic E-state index is -0.788. The molecule has 180 valence electrons. The van der Waals surface area contributed by atoms with Gasteiger partial charge in [-0.2, -0.15) is 4.98 Å². The zero-order valence-electron chi connectivity index (χ0n) is 18.6. The fraction of sp³-hybridized carbons (Fsp3) is 0.0833. The Hall–Kier alpha value is -4.28. The Kier molecular flexibility index (Phi) is 6.13. The Bertz CT molecular complexity index is 1540. The summed E-state index contributed by atoms with van der Waals surface area (Å²) in [6.45, 7) is 1.74. The number of non-ortho nitro benzene ring substituents is 1. The number of carbonyl (C=O) groups is 1. The van der Waals surface area contributed by atoms with E-state index in [1.165, 1.54) is 23.0 Å². The molecular formula is C24H17Cl2N7O3. The average Bonchev–Trinajstić information content (AvgIpc) is 3.29. The quantitative estimate of drug-likeness (QED) is 0.262. The number of fused-ring (bicyclic) bond motifs is 1. The molecule has 1 aliphatic heterocycles. The number of amides is 1. The normalized spacial score (nSPS) is 14.7. The van der Waals surface area contributed by atoms with E-state index < -0.39 is 16.9 Å². The summed E-state index contributed by atoms with van der Waals surface area (Å²) < 4.78 is 1.52. The highest BCUT2D eigenvalue weighted by atomic mass is 35.5. The van der Waals surface area contributed by atoms with Gasteiger partial charge in [0.25, 0.3) is 11.6 Å². The number of halogens is 2. The number of anilines is 2. The minimum absolute atomic E-state index is 0.0893. The third-order valence-corrected chi connectivity index (χ3v) is 6.44. The minimum Gasteiger partial charge on any atom is -0.328 e. The Morgan fingerprint density at radius 1 is 1.17 bits per heavy atom. The molecule has 0 bridgehead atoms. The molecule has 0 fully saturated rings. The molecule has 2 N–H and O–H groups in total. The standard InChI is InChI=1S/C24H17Cl2N7O3/c1-13-19(23(34)29-15-6-4-10-27-12-15)21(17-8-3-9-18(25)20(17)26)32-24(28-13)30-22(31-32)14-5-2-7-16(11-14)33(35)36/h2-12,21H,1H3,(H,29,34)(H,28,30,31). The maximum Gasteiger partial charge on any atom is 0.270 e. The van der Waals surface area contributed by atoms with Gasteiger partial charge in [0.2, 0.25) is 5.95 Å². The van der Waals surface area contributed by atoms with Crippen LogP contribution in [0.4, 0.5) is 17.3 Å². The third-order valence-electron chi connectivity index (χ3n) is 5.61. The van der Waals surface area contributed by atoms with Crippen molar-refractivity contribution < 1.29 is 9.72 Å². The molecule has 3 heterocycles. The van der Waals surface area contributed by atoms with Crippen LogP contribution >= 0.6 is 23.2 Å². The molecule has 1 atom stereocenters. The van der Waals surface area contributed by atoms with Crippen LogP contribution < -0.4 is 10.6 Å². The number of carbonyl (C=O) groups excluding carboxylic acids is 1. The summed E-state index contributed by atoms with van der Waals surface area (Å²) in [6, 6.07) is 13.8. The van der Waals surface area contributed by atoms with E-state index in [1.54, 1.807) is 55.6 Å². The molecule has 0 saturated carbocycles. The summed E-state index contributed by atoms with van der Waals surface area (Å²) in [5, 5.41) is 22.4. The molecule has 36 heavy (non-hydrogen) atoms. The van der Waals surface area contributed by atoms with Gasteiger partial charge in [-0.25, -0.2) is 4.68 Å². The molecule has 1 amide bonds. The van der Waals surface area contributed by atoms with Gasteiger partial charge >= 0.3 is 0 Å². The number of nitro groups is 1. The number of nitrogens with zero attached hydrogens (tertiary/aromatic N) is 5. The Morgan fingerprint density at radius 2 is 1.97 bits per heavy atom. The van der Waals surface area contributed by atoms with E-state index in [1.807, 2.05) is 0 Å². The van der Waals surface area contributed by atoms with Crippen LogP contribution in [-0.2, 0) is 4.79 Å². The lowest BCUT2D eigenvalue weighted by Gasteiger charge is -2.29. The lowest BCUT2D eigenvalue weighted by molar-refractivity contribution is -0.384. The SMILES string of the molecule is CC1=C(C(=O)Nc2cccnc2)C(c2cccc(Cl)c2Cl)n2nc(-c3cccc([N+](=O)[O-])c3)nc2N1. The first kappa shape index (κ1) is 23.5. The van der Waals surface area contributed by atoms with Gasteiger partial charge in [-0.3, -0.25) is 19.9 Å². The zero-order chi connectivity index (χ0) is 25.4. The molecule has 10 nitrogen and oxygen atoms in total. The van der Waals surface area contributed by atoms with Crippen LogP contribution in [0.2, 0.25) is 10.0 Å². The maximum absolute atomic E-state index is 13.5. The summed E-state index contributed by atoms with van der Waals surface area (Å²) in [7, 11) is 0. The van der Waals surface area contributed by atoms with Crippen molar-refractivity contribution in [2.75, 3.05) is 10.6 Å². The van der Waals surface area contributed by atoms with Crippen LogP contribution in [0.1, 0.15) is 18.5 Å². The molecule has 2 aromatic heterocycles. The smallest absolute Gasteiger partial charge is 0.270 e. The van der Waals surface area contributed by atoms with Crippen LogP contribution in [0, 0.1) is 10.1 Å². The van der Waals surface area contributed by atoms with Gasteiger partial charge in [0.1, 0.15) is 6.04 Å². The molecule has 0 saturated heterocycles. The Balaban J connectivity index is 1.64. The van der Waals surface area contributed by atoms with E-state index in [2.05, 4.69) is 25.7 Å². The second-order valence-corrected chi connectivity index (χ2v) is 8.70. The van der Waals surface area contributed by atoms with E-state index in [0.29, 0.717) is 39.1 Å². The van der Waals surface area contributed by atoms with Gasteiger partial charge < -0.3 is 10.6 Å². The van der Waals surface area contributed by atoms with Crippen LogP contribution in [0.25, 0.3) is 11.4 Å². The fourth-order valence-corrected chi connectivity index (χ4v) is 4.39. The average molecular weight is 522 g/mol. The van der Waals surface area contributed by atoms with Crippen LogP contribution in [0.3, 0.4) is 0 Å². The second kappa shape index (κ2) is 9.40. The van der Waals surface area contributed by atoms with Gasteiger partial charge in [0.05, 0.1) is 32.4 Å². The number of allylic oxidation sites excluding steroid dienone is 1. The van der Waals surface area contributed by atoms with Gasteiger partial charge in [-0.15, -0.1) is 5.10 Å². The van der Waals surface area contributed by atoms with Gasteiger partial charge in [-0.05, 0) is 25.1 Å². The van der Waals surface area contributed by atoms with Gasteiger partial charge in [0, 0.05) is 35.2 Å². The maximum atomic E-state index is 13.5. The summed E-state index contributed by atoms with van der Waals surface area (Å²) in [5.74, 6) is 0.186. The molecular weight excluding hydrogens is 505 g/mol. The summed E-state index contributed by atoms with van der Waals surface area (Å²) >= 11 is 12.9. The van der Waals surface area contributed by atoms with E-state index in [9.17, 15) is 14.9 Å². The second-order valence-electron chi connectivity index (χ2n) is 7.92. The highest BCUT2D eigenvalue weighted by molar-refractivity contribution is 6.42. The summed E-state index contributed by atoms with van der Waals surface area (Å²) in [5.41, 5.74) is 2.28. The monoisotopic (exact) mass is 521 g/mol. The molecule has 5 rings (SSSR count). The van der Waals surface area contributed by atoms with Crippen molar-refractivity contribution in [2.24, 2.45) is 0 Å². The first-order valence-corrected chi connectivity index (χ1v) is 11.4. The van der Waals surface area contributed by atoms with Crippen molar-refractivity contribution in [3.05, 3.63) is 104 Å². The van der Waals surface area contributed by atoms with Crippen molar-refractivity contribution in [1.29, 1.82) is 0 Å². The highest BCUT2D eigenvalue weighted by Gasteiger charge is 2.36. The van der Waals surface area contributed by atoms with Crippen molar-refractivity contribution in [3.8, 4) is 11.4 Å². The number of aromatic nitrogens is 4. The first-order chi connectivity index (χ1) is 17.3. The first-order valence-electron chi connectivity index (χ1n) is 10.7. The lowest BCUT2D eigenvalue weighted by atomic mass is 9.95. The summed E-state index contributed by atoms with van der Waals surface area (Å²) in [4.78, 5) is 32.9. The number of nitro benzene ring substituents is 1. The molecule has 0 radical (unpaired) electrons. The topological polar surface area (TPSA) is 128 Å². The Labute approximate surface area is 214 Å². The van der Waals surface area contributed by atoms with Crippen molar-refractivity contribution in [2.45, 2.75) is 13.0 Å². The van der Waals surface area contributed by atoms with Crippen LogP contribution in [0.15, 0.2) is 78.3 Å². The predicted octanol–water partition coefficient (Wildman–Crippen LogP) is 5.48. The van der Waals surface area contributed by atoms with Crippen molar-refractivity contribution >= 4 is 46.4 Å². The lowest BCUT2D eigenvalue weighted by Crippen LogP contribution is -2.31. The Morgan fingerprint density at radius 3 is 2.72 bits per heavy atom. The largest absolute Gasteiger partial charge is 0.328 e. The highest BCUT2D eigenvalue weighted by Crippen LogP contribution is 2.41. The van der Waals surface area contributed by atoms with Crippen LogP contribution in [-0.4, -0.2) is 30.6 Å². The molecule has 0 aliphatic carbocycles. The fourth-order valence-electron chi connectivity index (χ4n) is 3.98. The predicted molar refractivity (Wildman–Crippen MR) is 136 cm³/mol. The molecule has 1 unspecified atom stereocenters. The molecule has 4 aromatic rings. The number of nitrogens with one attached hydrogen (secondary N) is 2. The summed E-state index contributed by atoms with van der Waals surface area (Å²) in [6.07, 6.45) is 3.14. The number of hydrogen-bond donors (Lipinski definition) is 2. The molecule has 2 aromatic carbocycles. The molecule has 1 aliphatic rings. The van der Waals surface area contributed by atoms with E-state index in [-0.39, 0.29) is 16.5 Å². The van der Waals surface area contributed by atoms with Gasteiger partial charge in [-0.1, -0.05) is 47.5 Å². The third kappa shape index (κ3) is 4.28. The van der Waals surface area contributed by atoms with Crippen LogP contribution in [0.5, 0.6) is 0 Å². The van der Waals surface area contributed by atoms with Crippen molar-refractivity contribution in [3.63, 3.8) is 0 Å². The molecule has 0 spiro atoms. The van der Waals surface area contributed by atoms with E-state index >= 15 is 0 Å². The number of benzene rings is 2. The number of hydrogen-bond acceptors (Lipinski definition) is 7. The molecule has 12 heteroatoms. The number of rotatable bonds is 5. The van der Waals surface area contributed by atoms with Gasteiger partial charge in [0.15, 0.2) is 5.82 Å². The number of pyridine rings is 1.